The summed E-state index contributed by atoms with van der Waals surface area (Å²) in [5.74, 6) is -0.798. The van der Waals surface area contributed by atoms with Crippen molar-refractivity contribution in [2.24, 2.45) is 0 Å². The SMILES string of the molecule is COC(=O)CCC(=O)c1ccc(C)c([N+](=O)[O-])c1. The van der Waals surface area contributed by atoms with Gasteiger partial charge >= 0.3 is 5.97 Å². The number of esters is 1. The molecule has 0 amide bonds. The molecule has 96 valence electrons. The number of aryl methyl sites for hydroxylation is 1. The van der Waals surface area contributed by atoms with Crippen LogP contribution in [0.3, 0.4) is 0 Å². The number of Topliss-reactive ketones (excluding diaryl/α,β-unsaturated/α-hetero) is 1. The normalized spacial score (nSPS) is 9.89. The molecule has 6 nitrogen and oxygen atoms in total. The summed E-state index contributed by atoms with van der Waals surface area (Å²) in [6, 6.07) is 4.26. The molecule has 0 aliphatic heterocycles. The number of hydrogen-bond acceptors (Lipinski definition) is 5. The van der Waals surface area contributed by atoms with Gasteiger partial charge in [0.25, 0.3) is 5.69 Å². The lowest BCUT2D eigenvalue weighted by Crippen LogP contribution is -2.06. The van der Waals surface area contributed by atoms with E-state index in [1.54, 1.807) is 6.92 Å². The van der Waals surface area contributed by atoms with Gasteiger partial charge in [-0.05, 0) is 6.92 Å². The van der Waals surface area contributed by atoms with Crippen LogP contribution in [0.25, 0.3) is 0 Å². The third-order valence-electron chi connectivity index (χ3n) is 2.51. The molecule has 18 heavy (non-hydrogen) atoms. The standard InChI is InChI=1S/C12H13NO5/c1-8-3-4-9(7-10(8)13(16)17)11(14)5-6-12(15)18-2/h3-4,7H,5-6H2,1-2H3. The smallest absolute Gasteiger partial charge is 0.305 e. The Kier molecular flexibility index (Phi) is 4.53. The first-order valence-corrected chi connectivity index (χ1v) is 5.30. The summed E-state index contributed by atoms with van der Waals surface area (Å²) in [4.78, 5) is 32.8. The Bertz CT molecular complexity index is 495. The van der Waals surface area contributed by atoms with Gasteiger partial charge in [0.05, 0.1) is 18.5 Å². The number of hydrogen-bond donors (Lipinski definition) is 0. The van der Waals surface area contributed by atoms with Gasteiger partial charge in [-0.15, -0.1) is 0 Å². The average molecular weight is 251 g/mol. The highest BCUT2D eigenvalue weighted by molar-refractivity contribution is 5.98. The Hall–Kier alpha value is -2.24. The zero-order valence-electron chi connectivity index (χ0n) is 10.1. The van der Waals surface area contributed by atoms with Crippen molar-refractivity contribution >= 4 is 17.4 Å². The maximum atomic E-state index is 11.7. The lowest BCUT2D eigenvalue weighted by molar-refractivity contribution is -0.385. The molecule has 1 aromatic carbocycles. The van der Waals surface area contributed by atoms with Crippen molar-refractivity contribution in [2.75, 3.05) is 7.11 Å². The molecule has 0 saturated heterocycles. The van der Waals surface area contributed by atoms with E-state index in [-0.39, 0.29) is 29.9 Å². The van der Waals surface area contributed by atoms with Crippen molar-refractivity contribution in [3.63, 3.8) is 0 Å². The Balaban J connectivity index is 2.84. The van der Waals surface area contributed by atoms with Crippen molar-refractivity contribution in [3.05, 3.63) is 39.4 Å². The van der Waals surface area contributed by atoms with E-state index in [0.717, 1.165) is 0 Å². The zero-order valence-corrected chi connectivity index (χ0v) is 10.1. The van der Waals surface area contributed by atoms with E-state index in [2.05, 4.69) is 4.74 Å². The second kappa shape index (κ2) is 5.90. The molecule has 0 aliphatic rings. The minimum absolute atomic E-state index is 0.0209. The van der Waals surface area contributed by atoms with Gasteiger partial charge in [-0.25, -0.2) is 0 Å². The molecular weight excluding hydrogens is 238 g/mol. The van der Waals surface area contributed by atoms with Gasteiger partial charge in [-0.2, -0.15) is 0 Å². The summed E-state index contributed by atoms with van der Waals surface area (Å²) in [6.07, 6.45) is -0.0517. The number of ether oxygens (including phenoxy) is 1. The number of carbonyl (C=O) groups is 2. The monoisotopic (exact) mass is 251 g/mol. The number of methoxy groups -OCH3 is 1. The van der Waals surface area contributed by atoms with Gasteiger partial charge in [0.2, 0.25) is 0 Å². The number of nitrogens with zero attached hydrogens (tertiary/aromatic N) is 1. The molecule has 0 aromatic heterocycles. The van der Waals surface area contributed by atoms with E-state index in [1.165, 1.54) is 25.3 Å². The Morgan fingerprint density at radius 1 is 1.33 bits per heavy atom. The molecule has 1 aromatic rings. The molecule has 0 atom stereocenters. The van der Waals surface area contributed by atoms with Gasteiger partial charge in [-0.1, -0.05) is 12.1 Å². The van der Waals surface area contributed by atoms with Crippen LogP contribution >= 0.6 is 0 Å². The third-order valence-corrected chi connectivity index (χ3v) is 2.51. The molecule has 0 N–H and O–H groups in total. The van der Waals surface area contributed by atoms with E-state index in [1.807, 2.05) is 0 Å². The Morgan fingerprint density at radius 3 is 2.56 bits per heavy atom. The summed E-state index contributed by atoms with van der Waals surface area (Å²) < 4.78 is 4.42. The van der Waals surface area contributed by atoms with E-state index in [0.29, 0.717) is 5.56 Å². The quantitative estimate of drug-likeness (QED) is 0.346. The third kappa shape index (κ3) is 3.38. The lowest BCUT2D eigenvalue weighted by atomic mass is 10.0. The van der Waals surface area contributed by atoms with Gasteiger partial charge in [0.15, 0.2) is 5.78 Å². The number of rotatable bonds is 5. The molecule has 0 radical (unpaired) electrons. The predicted octanol–water partition coefficient (Wildman–Crippen LogP) is 2.04. The first kappa shape index (κ1) is 13.8. The van der Waals surface area contributed by atoms with Crippen LogP contribution in [-0.4, -0.2) is 23.8 Å². The summed E-state index contributed by atoms with van der Waals surface area (Å²) in [7, 11) is 1.24. The fourth-order valence-corrected chi connectivity index (χ4v) is 1.44. The molecule has 0 unspecified atom stereocenters. The Morgan fingerprint density at radius 2 is 2.00 bits per heavy atom. The van der Waals surface area contributed by atoms with Crippen LogP contribution in [0, 0.1) is 17.0 Å². The van der Waals surface area contributed by atoms with Crippen LogP contribution in [0.5, 0.6) is 0 Å². The van der Waals surface area contributed by atoms with Crippen LogP contribution in [0.2, 0.25) is 0 Å². The van der Waals surface area contributed by atoms with Crippen LogP contribution in [0.4, 0.5) is 5.69 Å². The van der Waals surface area contributed by atoms with Crippen molar-refractivity contribution in [3.8, 4) is 0 Å². The summed E-state index contributed by atoms with van der Waals surface area (Å²) >= 11 is 0. The van der Waals surface area contributed by atoms with E-state index in [9.17, 15) is 19.7 Å². The topological polar surface area (TPSA) is 86.5 Å². The number of carbonyl (C=O) groups excluding carboxylic acids is 2. The van der Waals surface area contributed by atoms with Gasteiger partial charge in [0, 0.05) is 23.6 Å². The molecular formula is C12H13NO5. The van der Waals surface area contributed by atoms with Crippen LogP contribution in [-0.2, 0) is 9.53 Å². The molecule has 0 fully saturated rings. The molecule has 0 saturated carbocycles. The van der Waals surface area contributed by atoms with Crippen molar-refractivity contribution in [1.82, 2.24) is 0 Å². The van der Waals surface area contributed by atoms with Crippen LogP contribution in [0.15, 0.2) is 18.2 Å². The van der Waals surface area contributed by atoms with Gasteiger partial charge < -0.3 is 4.74 Å². The number of ketones is 1. The Labute approximate surface area is 104 Å². The lowest BCUT2D eigenvalue weighted by Gasteiger charge is -2.02. The van der Waals surface area contributed by atoms with E-state index in [4.69, 9.17) is 0 Å². The summed E-state index contributed by atoms with van der Waals surface area (Å²) in [5, 5.41) is 10.7. The number of benzene rings is 1. The fourth-order valence-electron chi connectivity index (χ4n) is 1.44. The van der Waals surface area contributed by atoms with Gasteiger partial charge in [0.1, 0.15) is 0 Å². The highest BCUT2D eigenvalue weighted by atomic mass is 16.6. The minimum Gasteiger partial charge on any atom is -0.469 e. The highest BCUT2D eigenvalue weighted by Crippen LogP contribution is 2.20. The second-order valence-corrected chi connectivity index (χ2v) is 3.76. The maximum absolute atomic E-state index is 11.7. The van der Waals surface area contributed by atoms with Crippen molar-refractivity contribution in [1.29, 1.82) is 0 Å². The first-order chi connectivity index (χ1) is 8.45. The van der Waals surface area contributed by atoms with E-state index < -0.39 is 10.9 Å². The second-order valence-electron chi connectivity index (χ2n) is 3.76. The van der Waals surface area contributed by atoms with Crippen LogP contribution < -0.4 is 0 Å². The first-order valence-electron chi connectivity index (χ1n) is 5.30. The van der Waals surface area contributed by atoms with Crippen LogP contribution in [0.1, 0.15) is 28.8 Å². The zero-order chi connectivity index (χ0) is 13.7. The number of nitro groups is 1. The van der Waals surface area contributed by atoms with E-state index >= 15 is 0 Å². The molecule has 0 bridgehead atoms. The minimum atomic E-state index is -0.535. The van der Waals surface area contributed by atoms with Crippen molar-refractivity contribution < 1.29 is 19.2 Å². The molecule has 0 spiro atoms. The summed E-state index contributed by atoms with van der Waals surface area (Å²) in [5.41, 5.74) is 0.625. The molecule has 1 rings (SSSR count). The maximum Gasteiger partial charge on any atom is 0.305 e. The molecule has 0 aliphatic carbocycles. The molecule has 6 heteroatoms. The van der Waals surface area contributed by atoms with Gasteiger partial charge in [-0.3, -0.25) is 19.7 Å². The average Bonchev–Trinajstić information content (AvgIpc) is 2.35. The molecule has 0 heterocycles. The van der Waals surface area contributed by atoms with Crippen molar-refractivity contribution in [2.45, 2.75) is 19.8 Å². The fraction of sp³-hybridized carbons (Fsp3) is 0.333. The summed E-state index contributed by atoms with van der Waals surface area (Å²) in [6.45, 7) is 1.60. The predicted molar refractivity (Wildman–Crippen MR) is 63.4 cm³/mol. The largest absolute Gasteiger partial charge is 0.469 e. The number of nitro benzene ring substituents is 1. The highest BCUT2D eigenvalue weighted by Gasteiger charge is 2.15.